The Hall–Kier alpha value is -2.33. The topological polar surface area (TPSA) is 48.1 Å². The van der Waals surface area contributed by atoms with Crippen molar-refractivity contribution in [3.05, 3.63) is 59.7 Å². The number of hydrogen-bond donors (Lipinski definition) is 0. The van der Waals surface area contributed by atoms with Crippen LogP contribution in [0.25, 0.3) is 0 Å². The molecule has 1 heterocycles. The van der Waals surface area contributed by atoms with Crippen LogP contribution in [0.15, 0.2) is 48.5 Å². The Bertz CT molecular complexity index is 605. The summed E-state index contributed by atoms with van der Waals surface area (Å²) in [5.41, 5.74) is 1.52. The molecule has 0 saturated carbocycles. The quantitative estimate of drug-likeness (QED) is 0.579. The number of aldehydes is 1. The second kappa shape index (κ2) is 6.41. The predicted molar refractivity (Wildman–Crippen MR) is 77.8 cm³/mol. The zero-order chi connectivity index (χ0) is 14.5. The molecule has 0 unspecified atom stereocenters. The van der Waals surface area contributed by atoms with Crippen molar-refractivity contribution in [2.24, 2.45) is 0 Å². The number of ether oxygens (including phenoxy) is 3. The van der Waals surface area contributed by atoms with E-state index in [1.807, 2.05) is 30.3 Å². The van der Waals surface area contributed by atoms with Crippen LogP contribution in [0.2, 0.25) is 0 Å². The Morgan fingerprint density at radius 1 is 1.10 bits per heavy atom. The zero-order valence-corrected chi connectivity index (χ0v) is 11.5. The first-order chi connectivity index (χ1) is 10.4. The van der Waals surface area contributed by atoms with Crippen LogP contribution < -0.4 is 9.47 Å². The van der Waals surface area contributed by atoms with Gasteiger partial charge in [0.2, 0.25) is 0 Å². The smallest absolute Gasteiger partial charge is 0.172 e. The van der Waals surface area contributed by atoms with Crippen LogP contribution >= 0.6 is 0 Å². The highest BCUT2D eigenvalue weighted by atomic mass is 16.6. The molecular formula is C17H16O4. The van der Waals surface area contributed by atoms with Gasteiger partial charge in [-0.1, -0.05) is 36.4 Å². The van der Waals surface area contributed by atoms with Crippen molar-refractivity contribution in [1.29, 1.82) is 0 Å². The highest BCUT2D eigenvalue weighted by Crippen LogP contribution is 2.31. The summed E-state index contributed by atoms with van der Waals surface area (Å²) in [4.78, 5) is 11.2. The number of para-hydroxylation sites is 1. The number of epoxide rings is 1. The molecule has 4 heteroatoms. The maximum absolute atomic E-state index is 11.2. The number of carbonyl (C=O) groups excluding carboxylic acids is 1. The predicted octanol–water partition coefficient (Wildman–Crippen LogP) is 2.86. The van der Waals surface area contributed by atoms with Gasteiger partial charge in [0.15, 0.2) is 17.8 Å². The van der Waals surface area contributed by atoms with E-state index in [0.717, 1.165) is 18.5 Å². The third-order valence-electron chi connectivity index (χ3n) is 3.19. The monoisotopic (exact) mass is 284 g/mol. The molecule has 1 aliphatic rings. The van der Waals surface area contributed by atoms with E-state index in [1.54, 1.807) is 18.2 Å². The van der Waals surface area contributed by atoms with Gasteiger partial charge in [-0.2, -0.15) is 0 Å². The molecule has 0 N–H and O–H groups in total. The Kier molecular flexibility index (Phi) is 4.17. The van der Waals surface area contributed by atoms with E-state index >= 15 is 0 Å². The lowest BCUT2D eigenvalue weighted by molar-refractivity contribution is 0.111. The van der Waals surface area contributed by atoms with E-state index < -0.39 is 0 Å². The number of rotatable bonds is 7. The third-order valence-corrected chi connectivity index (χ3v) is 3.19. The van der Waals surface area contributed by atoms with E-state index in [9.17, 15) is 4.79 Å². The summed E-state index contributed by atoms with van der Waals surface area (Å²) in [6.45, 7) is 1.60. The molecule has 0 amide bonds. The Labute approximate surface area is 123 Å². The van der Waals surface area contributed by atoms with Crippen LogP contribution in [-0.4, -0.2) is 25.6 Å². The van der Waals surface area contributed by atoms with Gasteiger partial charge in [-0.05, 0) is 17.7 Å². The van der Waals surface area contributed by atoms with Crippen LogP contribution in [-0.2, 0) is 11.3 Å². The molecule has 21 heavy (non-hydrogen) atoms. The minimum absolute atomic E-state index is 0.159. The highest BCUT2D eigenvalue weighted by molar-refractivity contribution is 5.81. The first kappa shape index (κ1) is 13.6. The van der Waals surface area contributed by atoms with Gasteiger partial charge in [0, 0.05) is 0 Å². The minimum Gasteiger partial charge on any atom is -0.487 e. The Morgan fingerprint density at radius 2 is 1.90 bits per heavy atom. The third kappa shape index (κ3) is 3.61. The molecule has 1 fully saturated rings. The second-order valence-corrected chi connectivity index (χ2v) is 4.83. The number of benzene rings is 2. The van der Waals surface area contributed by atoms with Crippen molar-refractivity contribution in [3.8, 4) is 11.5 Å². The van der Waals surface area contributed by atoms with Crippen molar-refractivity contribution in [1.82, 2.24) is 0 Å². The molecule has 108 valence electrons. The largest absolute Gasteiger partial charge is 0.487 e. The second-order valence-electron chi connectivity index (χ2n) is 4.83. The lowest BCUT2D eigenvalue weighted by Crippen LogP contribution is -2.07. The van der Waals surface area contributed by atoms with Crippen LogP contribution in [0, 0.1) is 0 Å². The van der Waals surface area contributed by atoms with Gasteiger partial charge in [-0.3, -0.25) is 4.79 Å². The first-order valence-electron chi connectivity index (χ1n) is 6.86. The standard InChI is InChI=1S/C17H16O4/c18-9-14-7-4-8-16(20-12-15-11-19-15)17(14)21-10-13-5-2-1-3-6-13/h1-9,15H,10-12H2/t15-/m1/s1. The molecule has 1 aliphatic heterocycles. The summed E-state index contributed by atoms with van der Waals surface area (Å²) in [6, 6.07) is 15.1. The Morgan fingerprint density at radius 3 is 2.62 bits per heavy atom. The first-order valence-corrected chi connectivity index (χ1v) is 6.86. The maximum atomic E-state index is 11.2. The normalized spacial score (nSPS) is 16.3. The summed E-state index contributed by atoms with van der Waals surface area (Å²) in [5.74, 6) is 1.06. The van der Waals surface area contributed by atoms with Gasteiger partial charge in [0.25, 0.3) is 0 Å². The van der Waals surface area contributed by atoms with Gasteiger partial charge < -0.3 is 14.2 Å². The Balaban J connectivity index is 1.75. The zero-order valence-electron chi connectivity index (χ0n) is 11.5. The van der Waals surface area contributed by atoms with Crippen molar-refractivity contribution in [2.45, 2.75) is 12.7 Å². The van der Waals surface area contributed by atoms with Gasteiger partial charge in [-0.15, -0.1) is 0 Å². The van der Waals surface area contributed by atoms with Crippen LogP contribution in [0.1, 0.15) is 15.9 Å². The summed E-state index contributed by atoms with van der Waals surface area (Å²) in [6.07, 6.45) is 0.938. The molecule has 2 aromatic rings. The summed E-state index contributed by atoms with van der Waals surface area (Å²) in [5, 5.41) is 0. The van der Waals surface area contributed by atoms with Gasteiger partial charge in [0.1, 0.15) is 19.3 Å². The summed E-state index contributed by atoms with van der Waals surface area (Å²) in [7, 11) is 0. The van der Waals surface area contributed by atoms with Gasteiger partial charge >= 0.3 is 0 Å². The fourth-order valence-electron chi connectivity index (χ4n) is 1.97. The van der Waals surface area contributed by atoms with Crippen molar-refractivity contribution < 1.29 is 19.0 Å². The van der Waals surface area contributed by atoms with E-state index in [0.29, 0.717) is 30.3 Å². The van der Waals surface area contributed by atoms with Crippen LogP contribution in [0.4, 0.5) is 0 Å². The number of hydrogen-bond acceptors (Lipinski definition) is 4. The molecule has 0 aromatic heterocycles. The molecule has 3 rings (SSSR count). The van der Waals surface area contributed by atoms with E-state index in [2.05, 4.69) is 0 Å². The average Bonchev–Trinajstić information content (AvgIpc) is 3.36. The lowest BCUT2D eigenvalue weighted by Gasteiger charge is -2.14. The minimum atomic E-state index is 0.159. The van der Waals surface area contributed by atoms with Crippen molar-refractivity contribution in [3.63, 3.8) is 0 Å². The fraction of sp³-hybridized carbons (Fsp3) is 0.235. The molecule has 4 nitrogen and oxygen atoms in total. The molecule has 1 atom stereocenters. The van der Waals surface area contributed by atoms with E-state index in [4.69, 9.17) is 14.2 Å². The molecule has 0 bridgehead atoms. The fourth-order valence-corrected chi connectivity index (χ4v) is 1.97. The van der Waals surface area contributed by atoms with Gasteiger partial charge in [0.05, 0.1) is 12.2 Å². The van der Waals surface area contributed by atoms with Crippen molar-refractivity contribution in [2.75, 3.05) is 13.2 Å². The highest BCUT2D eigenvalue weighted by Gasteiger charge is 2.24. The number of carbonyl (C=O) groups is 1. The SMILES string of the molecule is O=Cc1cccc(OC[C@H]2CO2)c1OCc1ccccc1. The van der Waals surface area contributed by atoms with E-state index in [-0.39, 0.29) is 6.10 Å². The summed E-state index contributed by atoms with van der Waals surface area (Å²) >= 11 is 0. The van der Waals surface area contributed by atoms with Crippen LogP contribution in [0.5, 0.6) is 11.5 Å². The molecule has 0 aliphatic carbocycles. The molecule has 2 aromatic carbocycles. The van der Waals surface area contributed by atoms with Gasteiger partial charge in [-0.25, -0.2) is 0 Å². The molecule has 0 spiro atoms. The lowest BCUT2D eigenvalue weighted by atomic mass is 10.2. The molecule has 1 saturated heterocycles. The molecule has 0 radical (unpaired) electrons. The summed E-state index contributed by atoms with van der Waals surface area (Å²) < 4.78 is 16.6. The average molecular weight is 284 g/mol. The van der Waals surface area contributed by atoms with Crippen LogP contribution in [0.3, 0.4) is 0 Å². The molecular weight excluding hydrogens is 268 g/mol. The van der Waals surface area contributed by atoms with Crippen molar-refractivity contribution >= 4 is 6.29 Å². The maximum Gasteiger partial charge on any atom is 0.172 e. The van der Waals surface area contributed by atoms with E-state index in [1.165, 1.54) is 0 Å².